The van der Waals surface area contributed by atoms with Gasteiger partial charge in [-0.1, -0.05) is 60.1 Å². The van der Waals surface area contributed by atoms with Gasteiger partial charge < -0.3 is 14.8 Å². The summed E-state index contributed by atoms with van der Waals surface area (Å²) >= 11 is 8.31. The zero-order valence-electron chi connectivity index (χ0n) is 25.7. The molecule has 3 aromatic heterocycles. The quantitative estimate of drug-likeness (QED) is 0.180. The summed E-state index contributed by atoms with van der Waals surface area (Å²) in [7, 11) is 1.92. The average Bonchev–Trinajstić information content (AvgIpc) is 3.71. The van der Waals surface area contributed by atoms with Crippen molar-refractivity contribution >= 4 is 55.7 Å². The molecule has 7 rings (SSSR count). The minimum Gasteiger partial charge on any atom is -0.361 e. The molecular weight excluding hydrogens is 612 g/mol. The summed E-state index contributed by atoms with van der Waals surface area (Å²) in [6.07, 6.45) is 9.18. The molecule has 6 aromatic rings. The monoisotopic (exact) mass is 646 g/mol. The van der Waals surface area contributed by atoms with E-state index in [1.165, 1.54) is 11.3 Å². The molecule has 232 valence electrons. The SMILES string of the molecule is CN(C(=O)Cc1ccc2cc[nH]c2c1)C1CCC(N(Cc2cccc(-c3ccncc3)c2)C(=O)c2sc3ccccc3c2Cl)CC1. The van der Waals surface area contributed by atoms with Crippen molar-refractivity contribution in [2.75, 3.05) is 7.05 Å². The Morgan fingerprint density at radius 1 is 0.870 bits per heavy atom. The van der Waals surface area contributed by atoms with Gasteiger partial charge in [0.2, 0.25) is 5.91 Å². The molecule has 0 unspecified atom stereocenters. The Bertz CT molecular complexity index is 2010. The molecule has 1 aliphatic carbocycles. The molecule has 0 atom stereocenters. The number of carbonyl (C=O) groups excluding carboxylic acids is 2. The second-order valence-electron chi connectivity index (χ2n) is 12.2. The lowest BCUT2D eigenvalue weighted by molar-refractivity contribution is -0.132. The number of halogens is 1. The number of nitrogens with one attached hydrogen (secondary N) is 1. The van der Waals surface area contributed by atoms with Crippen molar-refractivity contribution in [2.45, 2.75) is 50.7 Å². The zero-order valence-corrected chi connectivity index (χ0v) is 27.2. The van der Waals surface area contributed by atoms with E-state index in [4.69, 9.17) is 11.6 Å². The van der Waals surface area contributed by atoms with Crippen molar-refractivity contribution in [3.8, 4) is 11.1 Å². The Balaban J connectivity index is 1.10. The number of amides is 2. The number of fused-ring (bicyclic) bond motifs is 2. The van der Waals surface area contributed by atoms with Gasteiger partial charge in [-0.25, -0.2) is 0 Å². The standard InChI is InChI=1S/C38H35ClN4O2S/c1-42(35(44)23-25-9-10-28-17-20-41-33(28)22-25)30-11-13-31(14-12-30)43(38(45)37-36(39)32-7-2-3-8-34(32)46-37)24-26-5-4-6-29(21-26)27-15-18-40-19-16-27/h2-10,15-22,30-31,41H,11-14,23-24H2,1H3. The number of hydrogen-bond acceptors (Lipinski definition) is 4. The van der Waals surface area contributed by atoms with Crippen LogP contribution in [0.25, 0.3) is 32.1 Å². The van der Waals surface area contributed by atoms with E-state index < -0.39 is 0 Å². The number of aromatic amines is 1. The maximum Gasteiger partial charge on any atom is 0.266 e. The van der Waals surface area contributed by atoms with Gasteiger partial charge in [-0.05, 0) is 89.7 Å². The van der Waals surface area contributed by atoms with E-state index in [0.717, 1.165) is 68.9 Å². The van der Waals surface area contributed by atoms with E-state index in [1.807, 2.05) is 77.6 Å². The van der Waals surface area contributed by atoms with E-state index in [0.29, 0.717) is 22.9 Å². The van der Waals surface area contributed by atoms with Crippen LogP contribution in [-0.4, -0.2) is 50.7 Å². The number of likely N-dealkylation sites (N-methyl/N-ethyl adjacent to an activating group) is 1. The molecule has 1 N–H and O–H groups in total. The number of aromatic nitrogens is 2. The smallest absolute Gasteiger partial charge is 0.266 e. The van der Waals surface area contributed by atoms with Crippen LogP contribution < -0.4 is 0 Å². The lowest BCUT2D eigenvalue weighted by Gasteiger charge is -2.40. The molecule has 0 aliphatic heterocycles. The first-order valence-corrected chi connectivity index (χ1v) is 16.9. The van der Waals surface area contributed by atoms with E-state index in [1.54, 1.807) is 12.4 Å². The number of rotatable bonds is 8. The van der Waals surface area contributed by atoms with Gasteiger partial charge in [-0.2, -0.15) is 0 Å². The number of pyridine rings is 1. The van der Waals surface area contributed by atoms with Crippen LogP contribution in [0.3, 0.4) is 0 Å². The van der Waals surface area contributed by atoms with Gasteiger partial charge in [0.05, 0.1) is 11.4 Å². The van der Waals surface area contributed by atoms with Gasteiger partial charge in [-0.15, -0.1) is 11.3 Å². The van der Waals surface area contributed by atoms with Crippen molar-refractivity contribution in [1.29, 1.82) is 0 Å². The Hall–Kier alpha value is -4.46. The summed E-state index contributed by atoms with van der Waals surface area (Å²) in [5, 5.41) is 2.58. The number of benzene rings is 3. The molecule has 1 aliphatic rings. The summed E-state index contributed by atoms with van der Waals surface area (Å²) in [6.45, 7) is 0.480. The molecule has 0 spiro atoms. The third-order valence-corrected chi connectivity index (χ3v) is 11.0. The molecule has 3 aromatic carbocycles. The largest absolute Gasteiger partial charge is 0.361 e. The molecule has 1 fully saturated rings. The summed E-state index contributed by atoms with van der Waals surface area (Å²) in [4.78, 5) is 39.6. The maximum atomic E-state index is 14.4. The van der Waals surface area contributed by atoms with Gasteiger partial charge in [0.1, 0.15) is 4.88 Å². The zero-order chi connectivity index (χ0) is 31.6. The predicted molar refractivity (Wildman–Crippen MR) is 187 cm³/mol. The van der Waals surface area contributed by atoms with Crippen molar-refractivity contribution in [2.24, 2.45) is 0 Å². The maximum absolute atomic E-state index is 14.4. The van der Waals surface area contributed by atoms with E-state index in [9.17, 15) is 9.59 Å². The first-order chi connectivity index (χ1) is 22.4. The Morgan fingerprint density at radius 3 is 2.46 bits per heavy atom. The van der Waals surface area contributed by atoms with Gasteiger partial charge in [0, 0.05) is 59.9 Å². The van der Waals surface area contributed by atoms with Crippen LogP contribution in [-0.2, 0) is 17.8 Å². The highest BCUT2D eigenvalue weighted by Crippen LogP contribution is 2.38. The third-order valence-electron chi connectivity index (χ3n) is 9.31. The fourth-order valence-electron chi connectivity index (χ4n) is 6.70. The number of H-pyrrole nitrogens is 1. The number of hydrogen-bond donors (Lipinski definition) is 1. The van der Waals surface area contributed by atoms with Crippen molar-refractivity contribution in [3.63, 3.8) is 0 Å². The molecule has 6 nitrogen and oxygen atoms in total. The second-order valence-corrected chi connectivity index (χ2v) is 13.6. The van der Waals surface area contributed by atoms with Crippen LogP contribution >= 0.6 is 22.9 Å². The second kappa shape index (κ2) is 13.1. The van der Waals surface area contributed by atoms with Gasteiger partial charge in [0.25, 0.3) is 5.91 Å². The molecule has 2 amide bonds. The molecule has 0 radical (unpaired) electrons. The average molecular weight is 647 g/mol. The number of nitrogens with zero attached hydrogens (tertiary/aromatic N) is 3. The van der Waals surface area contributed by atoms with Gasteiger partial charge >= 0.3 is 0 Å². The highest BCUT2D eigenvalue weighted by atomic mass is 35.5. The third kappa shape index (κ3) is 6.17. The molecular formula is C38H35ClN4O2S. The lowest BCUT2D eigenvalue weighted by atomic mass is 9.88. The van der Waals surface area contributed by atoms with E-state index >= 15 is 0 Å². The molecule has 3 heterocycles. The molecule has 46 heavy (non-hydrogen) atoms. The minimum absolute atomic E-state index is 0.0342. The Morgan fingerprint density at radius 2 is 1.65 bits per heavy atom. The first kappa shape index (κ1) is 30.2. The van der Waals surface area contributed by atoms with Crippen LogP contribution in [0.5, 0.6) is 0 Å². The van der Waals surface area contributed by atoms with Crippen LogP contribution in [0.1, 0.15) is 46.5 Å². The lowest BCUT2D eigenvalue weighted by Crippen LogP contribution is -2.46. The number of thiophene rings is 1. The Labute approximate surface area is 277 Å². The highest BCUT2D eigenvalue weighted by molar-refractivity contribution is 7.21. The summed E-state index contributed by atoms with van der Waals surface area (Å²) in [6, 6.07) is 28.6. The summed E-state index contributed by atoms with van der Waals surface area (Å²) in [5.74, 6) is 0.0837. The van der Waals surface area contributed by atoms with E-state index in [2.05, 4.69) is 40.3 Å². The highest BCUT2D eigenvalue weighted by Gasteiger charge is 2.33. The number of carbonyl (C=O) groups is 2. The predicted octanol–water partition coefficient (Wildman–Crippen LogP) is 8.75. The van der Waals surface area contributed by atoms with Gasteiger partial charge in [0.15, 0.2) is 0 Å². The van der Waals surface area contributed by atoms with Crippen LogP contribution in [0.15, 0.2) is 104 Å². The summed E-state index contributed by atoms with van der Waals surface area (Å²) < 4.78 is 1.01. The van der Waals surface area contributed by atoms with E-state index in [-0.39, 0.29) is 23.9 Å². The minimum atomic E-state index is -0.0342. The van der Waals surface area contributed by atoms with Crippen molar-refractivity contribution < 1.29 is 9.59 Å². The fraction of sp³-hybridized carbons (Fsp3) is 0.237. The molecule has 8 heteroatoms. The van der Waals surface area contributed by atoms with Crippen LogP contribution in [0.4, 0.5) is 0 Å². The molecule has 1 saturated carbocycles. The summed E-state index contributed by atoms with van der Waals surface area (Å²) in [5.41, 5.74) is 5.29. The van der Waals surface area contributed by atoms with Gasteiger partial charge in [-0.3, -0.25) is 14.6 Å². The van der Waals surface area contributed by atoms with Crippen molar-refractivity contribution in [3.05, 3.63) is 125 Å². The molecule has 0 saturated heterocycles. The van der Waals surface area contributed by atoms with Crippen LogP contribution in [0.2, 0.25) is 5.02 Å². The topological polar surface area (TPSA) is 69.3 Å². The van der Waals surface area contributed by atoms with Crippen LogP contribution in [0, 0.1) is 0 Å². The normalized spacial score (nSPS) is 16.5. The molecule has 0 bridgehead atoms. The first-order valence-electron chi connectivity index (χ1n) is 15.7. The Kier molecular flexibility index (Phi) is 8.61. The van der Waals surface area contributed by atoms with Crippen molar-refractivity contribution in [1.82, 2.24) is 19.8 Å². The fourth-order valence-corrected chi connectivity index (χ4v) is 8.17.